The van der Waals surface area contributed by atoms with Crippen LogP contribution in [-0.4, -0.2) is 16.1 Å². The molecule has 1 saturated carbocycles. The number of rotatable bonds is 8. The summed E-state index contributed by atoms with van der Waals surface area (Å²) in [6, 6.07) is 0.490. The first-order valence-corrected chi connectivity index (χ1v) is 8.67. The highest BCUT2D eigenvalue weighted by Gasteiger charge is 2.24. The summed E-state index contributed by atoms with van der Waals surface area (Å²) >= 11 is 1.61. The fourth-order valence-electron chi connectivity index (χ4n) is 3.07. The van der Waals surface area contributed by atoms with E-state index in [1.54, 1.807) is 11.5 Å². The van der Waals surface area contributed by atoms with Crippen LogP contribution in [0.3, 0.4) is 0 Å². The van der Waals surface area contributed by atoms with Crippen molar-refractivity contribution >= 4 is 11.5 Å². The zero-order valence-electron chi connectivity index (χ0n) is 12.3. The zero-order valence-corrected chi connectivity index (χ0v) is 13.1. The highest BCUT2D eigenvalue weighted by Crippen LogP contribution is 2.35. The van der Waals surface area contributed by atoms with Crippen LogP contribution >= 0.6 is 11.5 Å². The van der Waals surface area contributed by atoms with Gasteiger partial charge in [0.25, 0.3) is 0 Å². The molecule has 0 amide bonds. The number of aromatic nitrogens is 2. The number of nitrogens with one attached hydrogen (secondary N) is 1. The molecule has 3 nitrogen and oxygen atoms in total. The molecule has 108 valence electrons. The Kier molecular flexibility index (Phi) is 6.24. The molecule has 1 heterocycles. The summed E-state index contributed by atoms with van der Waals surface area (Å²) in [5.74, 6) is 0.908. The predicted octanol–water partition coefficient (Wildman–Crippen LogP) is 4.11. The van der Waals surface area contributed by atoms with Gasteiger partial charge in [0.05, 0.1) is 10.6 Å². The van der Waals surface area contributed by atoms with E-state index >= 15 is 0 Å². The summed E-state index contributed by atoms with van der Waals surface area (Å²) in [6.07, 6.45) is 10.4. The molecule has 1 aliphatic carbocycles. The second kappa shape index (κ2) is 7.95. The summed E-state index contributed by atoms with van der Waals surface area (Å²) in [6.45, 7) is 5.55. The van der Waals surface area contributed by atoms with Crippen molar-refractivity contribution in [2.45, 2.75) is 71.3 Å². The Hall–Kier alpha value is -0.480. The number of hydrogen-bond acceptors (Lipinski definition) is 4. The van der Waals surface area contributed by atoms with E-state index in [1.807, 2.05) is 0 Å². The molecule has 4 heteroatoms. The molecule has 0 spiro atoms. The van der Waals surface area contributed by atoms with Crippen LogP contribution in [0.5, 0.6) is 0 Å². The molecule has 2 rings (SSSR count). The van der Waals surface area contributed by atoms with Gasteiger partial charge >= 0.3 is 0 Å². The van der Waals surface area contributed by atoms with Gasteiger partial charge < -0.3 is 5.32 Å². The van der Waals surface area contributed by atoms with Crippen LogP contribution < -0.4 is 5.32 Å². The van der Waals surface area contributed by atoms with E-state index in [1.165, 1.54) is 49.1 Å². The van der Waals surface area contributed by atoms with Crippen molar-refractivity contribution in [2.75, 3.05) is 6.54 Å². The monoisotopic (exact) mass is 281 g/mol. The topological polar surface area (TPSA) is 37.8 Å². The van der Waals surface area contributed by atoms with E-state index in [9.17, 15) is 0 Å². The largest absolute Gasteiger partial charge is 0.309 e. The third kappa shape index (κ3) is 4.25. The Morgan fingerprint density at radius 3 is 2.74 bits per heavy atom. The van der Waals surface area contributed by atoms with Crippen LogP contribution in [0.4, 0.5) is 0 Å². The van der Waals surface area contributed by atoms with Crippen molar-refractivity contribution in [3.8, 4) is 0 Å². The van der Waals surface area contributed by atoms with Gasteiger partial charge in [-0.1, -0.05) is 50.4 Å². The molecule has 0 saturated heterocycles. The van der Waals surface area contributed by atoms with Gasteiger partial charge in [-0.25, -0.2) is 0 Å². The van der Waals surface area contributed by atoms with Crippen LogP contribution in [0.15, 0.2) is 0 Å². The fourth-order valence-corrected chi connectivity index (χ4v) is 3.85. The van der Waals surface area contributed by atoms with Crippen molar-refractivity contribution in [3.63, 3.8) is 0 Å². The SMILES string of the molecule is CCCNC(CC1CCCC1)c1snnc1CCC. The first-order chi connectivity index (χ1) is 9.35. The van der Waals surface area contributed by atoms with Crippen LogP contribution in [0.25, 0.3) is 0 Å². The minimum absolute atomic E-state index is 0.490. The minimum Gasteiger partial charge on any atom is -0.309 e. The smallest absolute Gasteiger partial charge is 0.0803 e. The molecule has 0 aliphatic heterocycles. The number of nitrogens with zero attached hydrogens (tertiary/aromatic N) is 2. The maximum absolute atomic E-state index is 4.34. The summed E-state index contributed by atoms with van der Waals surface area (Å²) in [5, 5.41) is 8.07. The van der Waals surface area contributed by atoms with Crippen molar-refractivity contribution in [1.29, 1.82) is 0 Å². The molecule has 0 aromatic carbocycles. The van der Waals surface area contributed by atoms with Crippen LogP contribution in [0, 0.1) is 5.92 Å². The molecular weight excluding hydrogens is 254 g/mol. The maximum Gasteiger partial charge on any atom is 0.0803 e. The Balaban J connectivity index is 2.03. The standard InChI is InChI=1S/C15H27N3S/c1-3-7-13-15(19-18-17-13)14(16-10-4-2)11-12-8-5-6-9-12/h12,14,16H,3-11H2,1-2H3. The van der Waals surface area contributed by atoms with E-state index < -0.39 is 0 Å². The Bertz CT molecular complexity index is 358. The zero-order chi connectivity index (χ0) is 13.5. The summed E-state index contributed by atoms with van der Waals surface area (Å²) in [7, 11) is 0. The van der Waals surface area contributed by atoms with Crippen LogP contribution in [0.1, 0.15) is 75.4 Å². The summed E-state index contributed by atoms with van der Waals surface area (Å²) in [4.78, 5) is 1.40. The van der Waals surface area contributed by atoms with Gasteiger partial charge in [0, 0.05) is 6.04 Å². The number of hydrogen-bond donors (Lipinski definition) is 1. The van der Waals surface area contributed by atoms with Crippen molar-refractivity contribution in [2.24, 2.45) is 5.92 Å². The maximum atomic E-state index is 4.34. The van der Waals surface area contributed by atoms with Gasteiger partial charge in [0.1, 0.15) is 0 Å². The van der Waals surface area contributed by atoms with Gasteiger partial charge in [-0.2, -0.15) is 0 Å². The summed E-state index contributed by atoms with van der Waals surface area (Å²) in [5.41, 5.74) is 1.24. The third-order valence-corrected chi connectivity index (χ3v) is 4.95. The van der Waals surface area contributed by atoms with Crippen LogP contribution in [-0.2, 0) is 6.42 Å². The summed E-state index contributed by atoms with van der Waals surface area (Å²) < 4.78 is 4.20. The lowest BCUT2D eigenvalue weighted by atomic mass is 9.96. The van der Waals surface area contributed by atoms with Crippen molar-refractivity contribution in [3.05, 3.63) is 10.6 Å². The lowest BCUT2D eigenvalue weighted by Crippen LogP contribution is -2.24. The van der Waals surface area contributed by atoms with Gasteiger partial charge in [-0.15, -0.1) is 5.10 Å². The Morgan fingerprint density at radius 2 is 2.05 bits per heavy atom. The predicted molar refractivity (Wildman–Crippen MR) is 81.5 cm³/mol. The molecule has 1 aliphatic rings. The van der Waals surface area contributed by atoms with Gasteiger partial charge in [-0.3, -0.25) is 0 Å². The highest BCUT2D eigenvalue weighted by atomic mass is 32.1. The normalized spacial score (nSPS) is 18.0. The Morgan fingerprint density at radius 1 is 1.26 bits per heavy atom. The lowest BCUT2D eigenvalue weighted by molar-refractivity contribution is 0.397. The fraction of sp³-hybridized carbons (Fsp3) is 0.867. The lowest BCUT2D eigenvalue weighted by Gasteiger charge is -2.21. The van der Waals surface area contributed by atoms with Gasteiger partial charge in [0.2, 0.25) is 0 Å². The average molecular weight is 281 g/mol. The quantitative estimate of drug-likeness (QED) is 0.779. The first-order valence-electron chi connectivity index (χ1n) is 7.89. The first kappa shape index (κ1) is 14.9. The van der Waals surface area contributed by atoms with Gasteiger partial charge in [0.15, 0.2) is 0 Å². The second-order valence-corrected chi connectivity index (χ2v) is 6.51. The minimum atomic E-state index is 0.490. The van der Waals surface area contributed by atoms with E-state index in [0.717, 1.165) is 25.3 Å². The average Bonchev–Trinajstić information content (AvgIpc) is 3.06. The van der Waals surface area contributed by atoms with E-state index in [2.05, 4.69) is 28.8 Å². The molecular formula is C15H27N3S. The van der Waals surface area contributed by atoms with Crippen LogP contribution in [0.2, 0.25) is 0 Å². The van der Waals surface area contributed by atoms with E-state index in [0.29, 0.717) is 6.04 Å². The Labute approximate surface area is 121 Å². The molecule has 0 bridgehead atoms. The van der Waals surface area contributed by atoms with Crippen molar-refractivity contribution < 1.29 is 0 Å². The van der Waals surface area contributed by atoms with E-state index in [4.69, 9.17) is 0 Å². The third-order valence-electron chi connectivity index (χ3n) is 4.07. The highest BCUT2D eigenvalue weighted by molar-refractivity contribution is 7.05. The molecule has 1 unspecified atom stereocenters. The molecule has 1 N–H and O–H groups in total. The molecule has 1 atom stereocenters. The number of aryl methyl sites for hydroxylation is 1. The molecule has 19 heavy (non-hydrogen) atoms. The second-order valence-electron chi connectivity index (χ2n) is 5.73. The van der Waals surface area contributed by atoms with Gasteiger partial charge in [-0.05, 0) is 43.3 Å². The molecule has 0 radical (unpaired) electrons. The van der Waals surface area contributed by atoms with E-state index in [-0.39, 0.29) is 0 Å². The molecule has 1 fully saturated rings. The molecule has 1 aromatic rings. The van der Waals surface area contributed by atoms with Crippen molar-refractivity contribution in [1.82, 2.24) is 14.9 Å². The molecule has 1 aromatic heterocycles.